The van der Waals surface area contributed by atoms with Gasteiger partial charge in [-0.3, -0.25) is 9.59 Å². The van der Waals surface area contributed by atoms with Crippen LogP contribution in [0.2, 0.25) is 5.02 Å². The van der Waals surface area contributed by atoms with Crippen molar-refractivity contribution in [3.8, 4) is 11.5 Å². The highest BCUT2D eigenvalue weighted by Crippen LogP contribution is 2.41. The lowest BCUT2D eigenvalue weighted by Gasteiger charge is -2.39. The minimum atomic E-state index is -0.845. The van der Waals surface area contributed by atoms with Crippen LogP contribution in [-0.2, 0) is 4.79 Å². The van der Waals surface area contributed by atoms with Crippen LogP contribution in [0.4, 0.5) is 8.78 Å². The van der Waals surface area contributed by atoms with Gasteiger partial charge in [0.2, 0.25) is 5.91 Å². The number of halogens is 3. The Morgan fingerprint density at radius 3 is 2.31 bits per heavy atom. The van der Waals surface area contributed by atoms with Crippen LogP contribution in [0.1, 0.15) is 40.7 Å². The van der Waals surface area contributed by atoms with Gasteiger partial charge in [-0.05, 0) is 67.0 Å². The zero-order valence-corrected chi connectivity index (χ0v) is 21.3. The molecule has 2 heterocycles. The third-order valence-electron chi connectivity index (χ3n) is 7.28. The summed E-state index contributed by atoms with van der Waals surface area (Å²) >= 11 is 6.40. The van der Waals surface area contributed by atoms with Gasteiger partial charge in [-0.2, -0.15) is 0 Å². The first-order valence-corrected chi connectivity index (χ1v) is 12.2. The van der Waals surface area contributed by atoms with Crippen molar-refractivity contribution in [1.29, 1.82) is 0 Å². The van der Waals surface area contributed by atoms with Gasteiger partial charge in [-0.1, -0.05) is 17.7 Å². The second-order valence-corrected chi connectivity index (χ2v) is 9.77. The summed E-state index contributed by atoms with van der Waals surface area (Å²) in [4.78, 5) is 29.0. The Kier molecular flexibility index (Phi) is 7.54. The summed E-state index contributed by atoms with van der Waals surface area (Å²) in [5.41, 5.74) is 0.276. The fraction of sp³-hybridized carbons (Fsp3) is 0.407. The van der Waals surface area contributed by atoms with Gasteiger partial charge in [0, 0.05) is 32.3 Å². The summed E-state index contributed by atoms with van der Waals surface area (Å²) in [6.07, 6.45) is 5.31. The first-order valence-electron chi connectivity index (χ1n) is 11.8. The fourth-order valence-corrected chi connectivity index (χ4v) is 5.32. The quantitative estimate of drug-likeness (QED) is 0.516. The van der Waals surface area contributed by atoms with Gasteiger partial charge in [-0.25, -0.2) is 8.78 Å². The van der Waals surface area contributed by atoms with E-state index >= 15 is 0 Å². The fourth-order valence-electron chi connectivity index (χ4n) is 5.03. The molecule has 6 nitrogen and oxygen atoms in total. The van der Waals surface area contributed by atoms with Gasteiger partial charge in [0.1, 0.15) is 17.2 Å². The Labute approximate surface area is 214 Å². The van der Waals surface area contributed by atoms with Crippen molar-refractivity contribution in [2.45, 2.75) is 26.2 Å². The molecule has 0 saturated carbocycles. The first kappa shape index (κ1) is 25.9. The molecule has 2 aromatic rings. The van der Waals surface area contributed by atoms with Crippen molar-refractivity contribution >= 4 is 29.5 Å². The van der Waals surface area contributed by atoms with Crippen molar-refractivity contribution in [1.82, 2.24) is 9.80 Å². The number of carbonyl (C=O) groups excluding carboxylic acids is 2. The minimum absolute atomic E-state index is 0.106. The van der Waals surface area contributed by atoms with E-state index in [1.165, 1.54) is 38.2 Å². The molecule has 0 N–H and O–H groups in total. The third-order valence-corrected chi connectivity index (χ3v) is 7.67. The van der Waals surface area contributed by atoms with E-state index in [0.717, 1.165) is 12.5 Å². The van der Waals surface area contributed by atoms with Gasteiger partial charge in [0.25, 0.3) is 5.91 Å². The van der Waals surface area contributed by atoms with E-state index in [1.54, 1.807) is 23.1 Å². The number of aryl methyl sites for hydroxylation is 1. The maximum absolute atomic E-state index is 14.4. The molecule has 2 amide bonds. The molecular formula is C27H29ClF2N2O4. The Morgan fingerprint density at radius 2 is 1.67 bits per heavy atom. The van der Waals surface area contributed by atoms with E-state index in [0.29, 0.717) is 61.1 Å². The number of nitrogens with zero attached hydrogens (tertiary/aromatic N) is 2. The number of likely N-dealkylation sites (tertiary alicyclic amines) is 2. The van der Waals surface area contributed by atoms with Crippen molar-refractivity contribution < 1.29 is 27.8 Å². The molecule has 192 valence electrons. The maximum atomic E-state index is 14.4. The standard InChI is InChI=1S/C27H29ClF2N2O4/c1-17-4-7-19(29)22(24(17)30)26(34)31-13-10-27(11-14-31)12-15-32(16-27)21(33)9-6-18-5-8-20(35-2)25(36-3)23(18)28/h4-9H,10-16H2,1-3H3. The molecule has 0 bridgehead atoms. The molecule has 2 aliphatic rings. The van der Waals surface area contributed by atoms with Crippen LogP contribution in [0.15, 0.2) is 30.3 Å². The number of amides is 2. The average molecular weight is 519 g/mol. The predicted molar refractivity (Wildman–Crippen MR) is 133 cm³/mol. The van der Waals surface area contributed by atoms with Gasteiger partial charge >= 0.3 is 0 Å². The minimum Gasteiger partial charge on any atom is -0.493 e. The SMILES string of the molecule is COc1ccc(C=CC(=O)N2CCC3(CCN(C(=O)c4c(F)ccc(C)c4F)CC3)C2)c(Cl)c1OC. The zero-order valence-electron chi connectivity index (χ0n) is 20.6. The number of benzene rings is 2. The molecule has 4 rings (SSSR count). The first-order chi connectivity index (χ1) is 17.2. The van der Waals surface area contributed by atoms with E-state index in [1.807, 2.05) is 0 Å². The lowest BCUT2D eigenvalue weighted by molar-refractivity contribution is -0.125. The molecule has 0 radical (unpaired) electrons. The summed E-state index contributed by atoms with van der Waals surface area (Å²) < 4.78 is 39.2. The molecule has 2 fully saturated rings. The smallest absolute Gasteiger partial charge is 0.259 e. The van der Waals surface area contributed by atoms with Crippen molar-refractivity contribution in [2.24, 2.45) is 5.41 Å². The molecule has 2 aliphatic heterocycles. The molecule has 0 aliphatic carbocycles. The molecule has 0 atom stereocenters. The topological polar surface area (TPSA) is 59.1 Å². The predicted octanol–water partition coefficient (Wildman–Crippen LogP) is 5.11. The summed E-state index contributed by atoms with van der Waals surface area (Å²) in [6, 6.07) is 5.93. The Morgan fingerprint density at radius 1 is 1.00 bits per heavy atom. The van der Waals surface area contributed by atoms with Crippen LogP contribution in [0.3, 0.4) is 0 Å². The largest absolute Gasteiger partial charge is 0.493 e. The number of methoxy groups -OCH3 is 2. The lowest BCUT2D eigenvalue weighted by atomic mass is 9.77. The van der Waals surface area contributed by atoms with Crippen LogP contribution in [-0.4, -0.2) is 62.0 Å². The highest BCUT2D eigenvalue weighted by Gasteiger charge is 2.43. The van der Waals surface area contributed by atoms with E-state index in [4.69, 9.17) is 21.1 Å². The van der Waals surface area contributed by atoms with E-state index < -0.39 is 23.1 Å². The van der Waals surface area contributed by atoms with Gasteiger partial charge < -0.3 is 19.3 Å². The number of hydrogen-bond donors (Lipinski definition) is 0. The molecule has 2 saturated heterocycles. The Hall–Kier alpha value is -3.13. The molecule has 0 aromatic heterocycles. The molecule has 2 aromatic carbocycles. The highest BCUT2D eigenvalue weighted by atomic mass is 35.5. The molecular weight excluding hydrogens is 490 g/mol. The van der Waals surface area contributed by atoms with Crippen LogP contribution in [0, 0.1) is 24.0 Å². The Bertz CT molecular complexity index is 1210. The monoisotopic (exact) mass is 518 g/mol. The molecule has 36 heavy (non-hydrogen) atoms. The van der Waals surface area contributed by atoms with Crippen LogP contribution in [0.25, 0.3) is 6.08 Å². The van der Waals surface area contributed by atoms with Crippen molar-refractivity contribution in [2.75, 3.05) is 40.4 Å². The van der Waals surface area contributed by atoms with Crippen LogP contribution in [0.5, 0.6) is 11.5 Å². The summed E-state index contributed by atoms with van der Waals surface area (Å²) in [7, 11) is 3.02. The molecule has 0 unspecified atom stereocenters. The van der Waals surface area contributed by atoms with Gasteiger partial charge in [0.15, 0.2) is 11.5 Å². The van der Waals surface area contributed by atoms with Crippen LogP contribution >= 0.6 is 11.6 Å². The normalized spacial score (nSPS) is 17.2. The summed E-state index contributed by atoms with van der Waals surface area (Å²) in [6.45, 7) is 3.48. The van der Waals surface area contributed by atoms with Crippen molar-refractivity contribution in [3.63, 3.8) is 0 Å². The maximum Gasteiger partial charge on any atom is 0.259 e. The van der Waals surface area contributed by atoms with E-state index in [9.17, 15) is 18.4 Å². The van der Waals surface area contributed by atoms with Gasteiger partial charge in [-0.15, -0.1) is 0 Å². The number of carbonyl (C=O) groups is 2. The van der Waals surface area contributed by atoms with Gasteiger partial charge in [0.05, 0.1) is 19.2 Å². The Balaban J connectivity index is 1.38. The summed E-state index contributed by atoms with van der Waals surface area (Å²) in [5.74, 6) is -1.49. The lowest BCUT2D eigenvalue weighted by Crippen LogP contribution is -2.45. The third kappa shape index (κ3) is 4.91. The second kappa shape index (κ2) is 10.5. The molecule has 1 spiro atoms. The van der Waals surface area contributed by atoms with Crippen molar-refractivity contribution in [3.05, 3.63) is 63.7 Å². The molecule has 9 heteroatoms. The highest BCUT2D eigenvalue weighted by molar-refractivity contribution is 6.33. The number of piperidine rings is 1. The average Bonchev–Trinajstić information content (AvgIpc) is 3.29. The van der Waals surface area contributed by atoms with E-state index in [2.05, 4.69) is 0 Å². The number of ether oxygens (including phenoxy) is 2. The van der Waals surface area contributed by atoms with Crippen LogP contribution < -0.4 is 9.47 Å². The summed E-state index contributed by atoms with van der Waals surface area (Å²) in [5, 5.41) is 0.359. The van der Waals surface area contributed by atoms with E-state index in [-0.39, 0.29) is 16.9 Å². The second-order valence-electron chi connectivity index (χ2n) is 9.39. The number of hydrogen-bond acceptors (Lipinski definition) is 4. The zero-order chi connectivity index (χ0) is 26.0. The number of rotatable bonds is 5.